The van der Waals surface area contributed by atoms with Crippen LogP contribution in [0.25, 0.3) is 0 Å². The van der Waals surface area contributed by atoms with Crippen LogP contribution < -0.4 is 0 Å². The lowest BCUT2D eigenvalue weighted by atomic mass is 10.0. The van der Waals surface area contributed by atoms with E-state index in [2.05, 4.69) is 20.9 Å². The average molecular weight is 351 g/mol. The minimum atomic E-state index is 0.0416. The first-order valence-corrected chi connectivity index (χ1v) is 9.44. The van der Waals surface area contributed by atoms with Gasteiger partial charge in [-0.05, 0) is 30.9 Å². The molecule has 136 valence electrons. The number of hydrogen-bond donors (Lipinski definition) is 0. The van der Waals surface area contributed by atoms with Crippen LogP contribution in [0, 0.1) is 0 Å². The molecular weight excluding hydrogens is 326 g/mol. The Kier molecular flexibility index (Phi) is 4.93. The van der Waals surface area contributed by atoms with Crippen molar-refractivity contribution in [3.05, 3.63) is 53.4 Å². The molecule has 0 saturated carbocycles. The molecule has 1 saturated heterocycles. The zero-order valence-corrected chi connectivity index (χ0v) is 15.3. The van der Waals surface area contributed by atoms with E-state index in [1.54, 1.807) is 13.1 Å². The number of hydrogen-bond acceptors (Lipinski definition) is 5. The molecule has 0 bridgehead atoms. The highest BCUT2D eigenvalue weighted by atomic mass is 16.2. The van der Waals surface area contributed by atoms with E-state index in [-0.39, 0.29) is 11.9 Å². The van der Waals surface area contributed by atoms with Crippen LogP contribution in [0.15, 0.2) is 30.7 Å². The maximum atomic E-state index is 11.9. The fourth-order valence-electron chi connectivity index (χ4n) is 4.01. The van der Waals surface area contributed by atoms with Gasteiger partial charge in [0.05, 0.1) is 6.04 Å². The number of pyridine rings is 1. The van der Waals surface area contributed by atoms with Crippen molar-refractivity contribution in [1.29, 1.82) is 0 Å². The molecular formula is C20H25N5O. The van der Waals surface area contributed by atoms with Crippen LogP contribution in [0.5, 0.6) is 0 Å². The van der Waals surface area contributed by atoms with Crippen molar-refractivity contribution in [2.45, 2.75) is 51.7 Å². The van der Waals surface area contributed by atoms with Crippen molar-refractivity contribution >= 4 is 5.91 Å². The first-order valence-electron chi connectivity index (χ1n) is 9.44. The summed E-state index contributed by atoms with van der Waals surface area (Å²) in [5.74, 6) is 0.943. The lowest BCUT2D eigenvalue weighted by Gasteiger charge is -2.35. The molecule has 0 radical (unpaired) electrons. The van der Waals surface area contributed by atoms with Crippen molar-refractivity contribution < 1.29 is 4.79 Å². The first kappa shape index (κ1) is 17.1. The smallest absolute Gasteiger partial charge is 0.220 e. The van der Waals surface area contributed by atoms with E-state index in [9.17, 15) is 4.79 Å². The Labute approximate surface area is 154 Å². The van der Waals surface area contributed by atoms with Crippen LogP contribution >= 0.6 is 0 Å². The second-order valence-electron chi connectivity index (χ2n) is 7.25. The molecule has 1 atom stereocenters. The van der Waals surface area contributed by atoms with Gasteiger partial charge >= 0.3 is 0 Å². The second kappa shape index (κ2) is 7.50. The van der Waals surface area contributed by atoms with Crippen LogP contribution in [0.1, 0.15) is 54.9 Å². The summed E-state index contributed by atoms with van der Waals surface area (Å²) in [4.78, 5) is 30.0. The maximum absolute atomic E-state index is 11.9. The second-order valence-corrected chi connectivity index (χ2v) is 7.25. The van der Waals surface area contributed by atoms with E-state index in [0.717, 1.165) is 63.4 Å². The molecule has 4 rings (SSSR count). The molecule has 4 heterocycles. The highest BCUT2D eigenvalue weighted by Crippen LogP contribution is 2.30. The number of piperidine rings is 1. The summed E-state index contributed by atoms with van der Waals surface area (Å²) in [7, 11) is 0. The molecule has 6 heteroatoms. The van der Waals surface area contributed by atoms with Gasteiger partial charge in [-0.3, -0.25) is 14.7 Å². The van der Waals surface area contributed by atoms with E-state index < -0.39 is 0 Å². The number of amides is 1. The van der Waals surface area contributed by atoms with Gasteiger partial charge in [0.15, 0.2) is 5.82 Å². The molecule has 1 fully saturated rings. The first-order chi connectivity index (χ1) is 12.7. The number of likely N-dealkylation sites (tertiary alicyclic amines) is 1. The van der Waals surface area contributed by atoms with E-state index in [1.807, 2.05) is 23.4 Å². The third kappa shape index (κ3) is 3.60. The lowest BCUT2D eigenvalue weighted by molar-refractivity contribution is -0.132. The lowest BCUT2D eigenvalue weighted by Crippen LogP contribution is -2.38. The molecule has 2 aliphatic rings. The summed E-state index contributed by atoms with van der Waals surface area (Å²) in [6, 6.07) is 4.13. The van der Waals surface area contributed by atoms with Crippen molar-refractivity contribution in [1.82, 2.24) is 24.8 Å². The minimum absolute atomic E-state index is 0.0416. The van der Waals surface area contributed by atoms with Crippen molar-refractivity contribution in [2.24, 2.45) is 0 Å². The van der Waals surface area contributed by atoms with Gasteiger partial charge < -0.3 is 4.90 Å². The van der Waals surface area contributed by atoms with Crippen molar-refractivity contribution in [2.75, 3.05) is 13.1 Å². The zero-order chi connectivity index (χ0) is 17.9. The summed E-state index contributed by atoms with van der Waals surface area (Å²) >= 11 is 0. The van der Waals surface area contributed by atoms with Gasteiger partial charge in [-0.15, -0.1) is 0 Å². The Morgan fingerprint density at radius 2 is 2.19 bits per heavy atom. The third-order valence-corrected chi connectivity index (χ3v) is 5.37. The highest BCUT2D eigenvalue weighted by Gasteiger charge is 2.29. The number of rotatable bonds is 3. The third-order valence-electron chi connectivity index (χ3n) is 5.37. The van der Waals surface area contributed by atoms with Crippen LogP contribution in [0.4, 0.5) is 0 Å². The Morgan fingerprint density at radius 1 is 1.27 bits per heavy atom. The quantitative estimate of drug-likeness (QED) is 0.850. The molecule has 0 aliphatic carbocycles. The van der Waals surface area contributed by atoms with Crippen molar-refractivity contribution in [3.8, 4) is 0 Å². The van der Waals surface area contributed by atoms with Crippen LogP contribution in [-0.2, 0) is 24.3 Å². The Hall–Kier alpha value is -2.34. The fraction of sp³-hybridized carbons (Fsp3) is 0.500. The topological polar surface area (TPSA) is 62.2 Å². The predicted molar refractivity (Wildman–Crippen MR) is 98.1 cm³/mol. The van der Waals surface area contributed by atoms with E-state index >= 15 is 0 Å². The monoisotopic (exact) mass is 351 g/mol. The Morgan fingerprint density at radius 3 is 3.00 bits per heavy atom. The average Bonchev–Trinajstić information content (AvgIpc) is 2.68. The summed E-state index contributed by atoms with van der Waals surface area (Å²) < 4.78 is 0. The normalized spacial score (nSPS) is 20.7. The van der Waals surface area contributed by atoms with Gasteiger partial charge in [0.25, 0.3) is 0 Å². The highest BCUT2D eigenvalue weighted by molar-refractivity contribution is 5.73. The summed E-state index contributed by atoms with van der Waals surface area (Å²) in [5, 5.41) is 0. The van der Waals surface area contributed by atoms with Gasteiger partial charge in [-0.25, -0.2) is 9.97 Å². The van der Waals surface area contributed by atoms with Gasteiger partial charge in [0.1, 0.15) is 0 Å². The molecule has 2 aromatic heterocycles. The minimum Gasteiger partial charge on any atom is -0.333 e. The molecule has 0 N–H and O–H groups in total. The molecule has 0 aromatic carbocycles. The largest absolute Gasteiger partial charge is 0.333 e. The van der Waals surface area contributed by atoms with E-state index in [4.69, 9.17) is 4.98 Å². The summed E-state index contributed by atoms with van der Waals surface area (Å²) in [6.07, 6.45) is 9.80. The standard InChI is InChI=1S/C20H25N5O/c1-15(26)25-9-3-2-6-19(25)20-22-12-17-14-24(10-7-18(17)23-20)13-16-5-4-8-21-11-16/h4-5,8,11-12,19H,2-3,6-7,9-10,13-14H2,1H3. The summed E-state index contributed by atoms with van der Waals surface area (Å²) in [5.41, 5.74) is 3.58. The maximum Gasteiger partial charge on any atom is 0.220 e. The number of aromatic nitrogens is 3. The number of nitrogens with zero attached hydrogens (tertiary/aromatic N) is 5. The molecule has 0 spiro atoms. The number of carbonyl (C=O) groups excluding carboxylic acids is 1. The molecule has 2 aromatic rings. The number of carbonyl (C=O) groups is 1. The molecule has 26 heavy (non-hydrogen) atoms. The molecule has 1 amide bonds. The van der Waals surface area contributed by atoms with Gasteiger partial charge in [-0.1, -0.05) is 6.07 Å². The van der Waals surface area contributed by atoms with E-state index in [0.29, 0.717) is 0 Å². The fourth-order valence-corrected chi connectivity index (χ4v) is 4.01. The van der Waals surface area contributed by atoms with Crippen LogP contribution in [-0.4, -0.2) is 43.7 Å². The molecule has 2 aliphatic heterocycles. The van der Waals surface area contributed by atoms with Gasteiger partial charge in [0.2, 0.25) is 5.91 Å². The SMILES string of the molecule is CC(=O)N1CCCCC1c1ncc2c(n1)CCN(Cc1cccnc1)C2. The van der Waals surface area contributed by atoms with E-state index in [1.165, 1.54) is 11.1 Å². The van der Waals surface area contributed by atoms with Crippen LogP contribution in [0.2, 0.25) is 0 Å². The van der Waals surface area contributed by atoms with Gasteiger partial charge in [-0.2, -0.15) is 0 Å². The van der Waals surface area contributed by atoms with Gasteiger partial charge in [0, 0.05) is 69.4 Å². The summed E-state index contributed by atoms with van der Waals surface area (Å²) in [6.45, 7) is 5.22. The predicted octanol–water partition coefficient (Wildman–Crippen LogP) is 2.50. The zero-order valence-electron chi connectivity index (χ0n) is 15.3. The van der Waals surface area contributed by atoms with Crippen LogP contribution in [0.3, 0.4) is 0 Å². The number of fused-ring (bicyclic) bond motifs is 1. The Balaban J connectivity index is 1.49. The molecule has 6 nitrogen and oxygen atoms in total. The molecule has 1 unspecified atom stereocenters. The van der Waals surface area contributed by atoms with Crippen molar-refractivity contribution in [3.63, 3.8) is 0 Å². The Bertz CT molecular complexity index is 779.